The van der Waals surface area contributed by atoms with Gasteiger partial charge in [-0.05, 0) is 48.8 Å². The van der Waals surface area contributed by atoms with E-state index in [1.807, 2.05) is 9.80 Å². The third kappa shape index (κ3) is 4.10. The summed E-state index contributed by atoms with van der Waals surface area (Å²) < 4.78 is 40.6. The molecule has 152 valence electrons. The highest BCUT2D eigenvalue weighted by molar-refractivity contribution is 5.79. The van der Waals surface area contributed by atoms with Gasteiger partial charge in [0, 0.05) is 32.1 Å². The highest BCUT2D eigenvalue weighted by Gasteiger charge is 2.44. The first-order valence-electron chi connectivity index (χ1n) is 9.70. The van der Waals surface area contributed by atoms with Gasteiger partial charge >= 0.3 is 6.36 Å². The Morgan fingerprint density at radius 3 is 2.61 bits per heavy atom. The monoisotopic (exact) mass is 396 g/mol. The lowest BCUT2D eigenvalue weighted by Crippen LogP contribution is -2.61. The van der Waals surface area contributed by atoms with Crippen molar-refractivity contribution < 1.29 is 27.5 Å². The van der Waals surface area contributed by atoms with Crippen LogP contribution in [-0.2, 0) is 16.0 Å². The summed E-state index contributed by atoms with van der Waals surface area (Å²) in [7, 11) is 0. The van der Waals surface area contributed by atoms with Gasteiger partial charge in [0.15, 0.2) is 0 Å². The molecule has 8 heteroatoms. The molecule has 5 nitrogen and oxygen atoms in total. The van der Waals surface area contributed by atoms with Crippen LogP contribution in [0.2, 0.25) is 0 Å². The van der Waals surface area contributed by atoms with E-state index in [1.54, 1.807) is 0 Å². The quantitative estimate of drug-likeness (QED) is 0.789. The van der Waals surface area contributed by atoms with E-state index in [9.17, 15) is 22.8 Å². The Morgan fingerprint density at radius 1 is 1.14 bits per heavy atom. The zero-order valence-corrected chi connectivity index (χ0v) is 15.5. The maximum absolute atomic E-state index is 12.8. The molecule has 3 saturated heterocycles. The van der Waals surface area contributed by atoms with Gasteiger partial charge < -0.3 is 14.5 Å². The normalized spacial score (nSPS) is 27.4. The standard InChI is InChI=1S/C20H23F3N2O3/c21-20(22,23)28-16-6-4-13(5-7-16)9-19(27)24-10-14-8-15(12-24)17-2-1-3-18(26)25(17)11-14/h4-7,14-15,17H,1-3,8-12H2/t14?,15?,17-/m1/s1. The van der Waals surface area contributed by atoms with E-state index >= 15 is 0 Å². The third-order valence-electron chi connectivity index (χ3n) is 6.04. The Hall–Kier alpha value is -2.25. The van der Waals surface area contributed by atoms with Crippen LogP contribution < -0.4 is 4.74 Å². The number of fused-ring (bicyclic) bond motifs is 4. The predicted octanol–water partition coefficient (Wildman–Crippen LogP) is 2.99. The molecule has 3 fully saturated rings. The van der Waals surface area contributed by atoms with Gasteiger partial charge in [-0.25, -0.2) is 0 Å². The summed E-state index contributed by atoms with van der Waals surface area (Å²) in [5.41, 5.74) is 0.657. The summed E-state index contributed by atoms with van der Waals surface area (Å²) in [6, 6.07) is 5.68. The van der Waals surface area contributed by atoms with Crippen LogP contribution in [0.25, 0.3) is 0 Å². The molecule has 2 unspecified atom stereocenters. The van der Waals surface area contributed by atoms with Gasteiger partial charge in [-0.3, -0.25) is 9.59 Å². The predicted molar refractivity (Wildman–Crippen MR) is 94.4 cm³/mol. The lowest BCUT2D eigenvalue weighted by atomic mass is 9.76. The molecule has 28 heavy (non-hydrogen) atoms. The summed E-state index contributed by atoms with van der Waals surface area (Å²) in [4.78, 5) is 28.9. The second kappa shape index (κ2) is 7.29. The maximum Gasteiger partial charge on any atom is 0.573 e. The van der Waals surface area contributed by atoms with Crippen molar-refractivity contribution in [1.82, 2.24) is 9.80 Å². The minimum Gasteiger partial charge on any atom is -0.406 e. The molecule has 3 aliphatic rings. The summed E-state index contributed by atoms with van der Waals surface area (Å²) in [6.07, 6.45) is -0.960. The van der Waals surface area contributed by atoms with E-state index in [0.29, 0.717) is 36.9 Å². The number of alkyl halides is 3. The van der Waals surface area contributed by atoms with Crippen LogP contribution in [0.4, 0.5) is 13.2 Å². The zero-order chi connectivity index (χ0) is 19.9. The molecular weight excluding hydrogens is 373 g/mol. The van der Waals surface area contributed by atoms with Crippen LogP contribution in [-0.4, -0.2) is 53.7 Å². The zero-order valence-electron chi connectivity index (χ0n) is 15.5. The molecule has 1 aromatic carbocycles. The number of likely N-dealkylation sites (tertiary alicyclic amines) is 1. The number of benzene rings is 1. The number of piperidine rings is 3. The minimum atomic E-state index is -4.72. The van der Waals surface area contributed by atoms with Gasteiger partial charge in [-0.15, -0.1) is 13.2 Å². The first kappa shape index (κ1) is 19.1. The molecule has 0 aromatic heterocycles. The largest absolute Gasteiger partial charge is 0.573 e. The molecule has 0 aliphatic carbocycles. The molecule has 1 aromatic rings. The van der Waals surface area contributed by atoms with E-state index in [4.69, 9.17) is 0 Å². The van der Waals surface area contributed by atoms with Crippen molar-refractivity contribution in [3.05, 3.63) is 29.8 Å². The molecule has 3 atom stereocenters. The molecule has 0 radical (unpaired) electrons. The molecule has 4 rings (SSSR count). The number of carbonyl (C=O) groups excluding carboxylic acids is 2. The van der Waals surface area contributed by atoms with Crippen LogP contribution in [0.5, 0.6) is 5.75 Å². The number of rotatable bonds is 3. The van der Waals surface area contributed by atoms with Crippen molar-refractivity contribution >= 4 is 11.8 Å². The minimum absolute atomic E-state index is 0.0187. The van der Waals surface area contributed by atoms with E-state index in [-0.39, 0.29) is 30.0 Å². The Balaban J connectivity index is 1.38. The van der Waals surface area contributed by atoms with Gasteiger partial charge in [-0.2, -0.15) is 0 Å². The van der Waals surface area contributed by atoms with Crippen LogP contribution in [0, 0.1) is 11.8 Å². The fourth-order valence-electron chi connectivity index (χ4n) is 4.91. The van der Waals surface area contributed by atoms with Crippen molar-refractivity contribution in [2.75, 3.05) is 19.6 Å². The maximum atomic E-state index is 12.8. The van der Waals surface area contributed by atoms with Crippen molar-refractivity contribution in [2.45, 2.75) is 44.5 Å². The van der Waals surface area contributed by atoms with E-state index in [0.717, 1.165) is 25.8 Å². The fraction of sp³-hybridized carbons (Fsp3) is 0.600. The Bertz CT molecular complexity index is 750. The average Bonchev–Trinajstić information content (AvgIpc) is 2.63. The third-order valence-corrected chi connectivity index (χ3v) is 6.04. The van der Waals surface area contributed by atoms with Crippen molar-refractivity contribution in [2.24, 2.45) is 11.8 Å². The molecule has 0 saturated carbocycles. The molecule has 2 bridgehead atoms. The molecule has 0 spiro atoms. The van der Waals surface area contributed by atoms with Crippen molar-refractivity contribution in [3.8, 4) is 5.75 Å². The second-order valence-corrected chi connectivity index (χ2v) is 8.03. The van der Waals surface area contributed by atoms with Crippen LogP contribution in [0.15, 0.2) is 24.3 Å². The lowest BCUT2D eigenvalue weighted by molar-refractivity contribution is -0.274. The number of amides is 2. The molecule has 3 heterocycles. The van der Waals surface area contributed by atoms with Crippen LogP contribution >= 0.6 is 0 Å². The molecule has 3 aliphatic heterocycles. The fourth-order valence-corrected chi connectivity index (χ4v) is 4.91. The topological polar surface area (TPSA) is 49.9 Å². The van der Waals surface area contributed by atoms with E-state index in [1.165, 1.54) is 24.3 Å². The van der Waals surface area contributed by atoms with Gasteiger partial charge in [0.2, 0.25) is 11.8 Å². The highest BCUT2D eigenvalue weighted by atomic mass is 19.4. The Labute approximate surface area is 161 Å². The molecule has 0 N–H and O–H groups in total. The number of ether oxygens (including phenoxy) is 1. The van der Waals surface area contributed by atoms with Gasteiger partial charge in [0.1, 0.15) is 5.75 Å². The number of hydrogen-bond donors (Lipinski definition) is 0. The summed E-state index contributed by atoms with van der Waals surface area (Å²) in [6.45, 7) is 2.02. The van der Waals surface area contributed by atoms with Crippen molar-refractivity contribution in [3.63, 3.8) is 0 Å². The highest BCUT2D eigenvalue weighted by Crippen LogP contribution is 2.38. The second-order valence-electron chi connectivity index (χ2n) is 8.03. The SMILES string of the molecule is O=C(Cc1ccc(OC(F)(F)F)cc1)N1CC2CC(C1)[C@H]1CCCC(=O)N1C2. The van der Waals surface area contributed by atoms with E-state index in [2.05, 4.69) is 4.74 Å². The summed E-state index contributed by atoms with van der Waals surface area (Å²) >= 11 is 0. The summed E-state index contributed by atoms with van der Waals surface area (Å²) in [5, 5.41) is 0. The number of carbonyl (C=O) groups is 2. The van der Waals surface area contributed by atoms with Crippen LogP contribution in [0.3, 0.4) is 0 Å². The van der Waals surface area contributed by atoms with Crippen LogP contribution in [0.1, 0.15) is 31.2 Å². The summed E-state index contributed by atoms with van der Waals surface area (Å²) in [5.74, 6) is 0.562. The molecule has 2 amide bonds. The first-order chi connectivity index (χ1) is 13.3. The Kier molecular flexibility index (Phi) is 4.97. The lowest BCUT2D eigenvalue weighted by Gasteiger charge is -2.52. The molecular formula is C20H23F3N2O3. The van der Waals surface area contributed by atoms with Gasteiger partial charge in [0.05, 0.1) is 6.42 Å². The number of nitrogens with zero attached hydrogens (tertiary/aromatic N) is 2. The number of hydrogen-bond acceptors (Lipinski definition) is 3. The first-order valence-corrected chi connectivity index (χ1v) is 9.70. The van der Waals surface area contributed by atoms with E-state index < -0.39 is 6.36 Å². The average molecular weight is 396 g/mol. The van der Waals surface area contributed by atoms with Gasteiger partial charge in [0.25, 0.3) is 0 Å². The number of halogens is 3. The smallest absolute Gasteiger partial charge is 0.406 e. The van der Waals surface area contributed by atoms with Gasteiger partial charge in [-0.1, -0.05) is 12.1 Å². The Morgan fingerprint density at radius 2 is 1.89 bits per heavy atom. The van der Waals surface area contributed by atoms with Crippen molar-refractivity contribution in [1.29, 1.82) is 0 Å².